The normalized spacial score (nSPS) is 11.9. The van der Waals surface area contributed by atoms with E-state index in [9.17, 15) is 0 Å². The van der Waals surface area contributed by atoms with Crippen molar-refractivity contribution in [2.45, 2.75) is 19.9 Å². The van der Waals surface area contributed by atoms with Crippen molar-refractivity contribution < 1.29 is 9.47 Å². The minimum absolute atomic E-state index is 0.122. The molecule has 0 bridgehead atoms. The summed E-state index contributed by atoms with van der Waals surface area (Å²) in [6.07, 6.45) is 0. The lowest BCUT2D eigenvalue weighted by Crippen LogP contribution is -2.19. The third-order valence-electron chi connectivity index (χ3n) is 3.15. The first-order valence-corrected chi connectivity index (χ1v) is 6.87. The van der Waals surface area contributed by atoms with Crippen LogP contribution in [0.3, 0.4) is 0 Å². The van der Waals surface area contributed by atoms with Gasteiger partial charge in [-0.2, -0.15) is 0 Å². The van der Waals surface area contributed by atoms with E-state index in [4.69, 9.17) is 15.2 Å². The van der Waals surface area contributed by atoms with E-state index in [0.717, 1.165) is 17.1 Å². The third-order valence-corrected chi connectivity index (χ3v) is 3.15. The van der Waals surface area contributed by atoms with Crippen LogP contribution >= 0.6 is 0 Å². The van der Waals surface area contributed by atoms with E-state index >= 15 is 0 Å². The van der Waals surface area contributed by atoms with Gasteiger partial charge in [0.2, 0.25) is 0 Å². The summed E-state index contributed by atoms with van der Waals surface area (Å²) in [7, 11) is 0. The molecule has 0 amide bonds. The van der Waals surface area contributed by atoms with Crippen molar-refractivity contribution in [2.75, 3.05) is 13.2 Å². The van der Waals surface area contributed by atoms with Crippen LogP contribution in [-0.4, -0.2) is 13.2 Å². The zero-order valence-electron chi connectivity index (χ0n) is 12.0. The summed E-state index contributed by atoms with van der Waals surface area (Å²) < 4.78 is 11.1. The van der Waals surface area contributed by atoms with Gasteiger partial charge in [-0.25, -0.2) is 0 Å². The molecule has 0 fully saturated rings. The maximum atomic E-state index is 6.17. The molecule has 2 N–H and O–H groups in total. The number of ether oxygens (including phenoxy) is 2. The van der Waals surface area contributed by atoms with Gasteiger partial charge in [-0.3, -0.25) is 0 Å². The molecule has 3 heteroatoms. The van der Waals surface area contributed by atoms with Crippen LogP contribution in [0.4, 0.5) is 0 Å². The van der Waals surface area contributed by atoms with Gasteiger partial charge in [-0.1, -0.05) is 24.3 Å². The first kappa shape index (κ1) is 14.4. The number of aryl methyl sites for hydroxylation is 1. The molecule has 0 saturated heterocycles. The largest absolute Gasteiger partial charge is 0.494 e. The molecule has 0 aliphatic heterocycles. The molecule has 0 aliphatic rings. The van der Waals surface area contributed by atoms with E-state index in [1.165, 1.54) is 5.56 Å². The van der Waals surface area contributed by atoms with Crippen molar-refractivity contribution in [2.24, 2.45) is 5.73 Å². The SMILES string of the molecule is CCOc1ccc(OCC(N)c2ccccc2C)cc1. The Morgan fingerprint density at radius 2 is 1.55 bits per heavy atom. The van der Waals surface area contributed by atoms with E-state index in [0.29, 0.717) is 13.2 Å². The molecule has 0 spiro atoms. The molecule has 1 atom stereocenters. The Bertz CT molecular complexity index is 537. The lowest BCUT2D eigenvalue weighted by Gasteiger charge is -2.16. The average Bonchev–Trinajstić information content (AvgIpc) is 2.47. The molecule has 0 aromatic heterocycles. The molecule has 0 aliphatic carbocycles. The Kier molecular flexibility index (Phi) is 5.02. The molecule has 3 nitrogen and oxygen atoms in total. The van der Waals surface area contributed by atoms with E-state index in [-0.39, 0.29) is 6.04 Å². The van der Waals surface area contributed by atoms with Crippen LogP contribution in [0.1, 0.15) is 24.1 Å². The van der Waals surface area contributed by atoms with Gasteiger partial charge in [0.25, 0.3) is 0 Å². The maximum absolute atomic E-state index is 6.17. The van der Waals surface area contributed by atoms with Gasteiger partial charge in [0.15, 0.2) is 0 Å². The van der Waals surface area contributed by atoms with E-state index in [2.05, 4.69) is 13.0 Å². The van der Waals surface area contributed by atoms with Crippen LogP contribution < -0.4 is 15.2 Å². The van der Waals surface area contributed by atoms with E-state index in [1.807, 2.05) is 49.4 Å². The van der Waals surface area contributed by atoms with Crippen molar-refractivity contribution in [3.8, 4) is 11.5 Å². The quantitative estimate of drug-likeness (QED) is 0.875. The summed E-state index contributed by atoms with van der Waals surface area (Å²) in [5.74, 6) is 1.65. The van der Waals surface area contributed by atoms with Gasteiger partial charge in [0.05, 0.1) is 12.6 Å². The predicted octanol–water partition coefficient (Wildman–Crippen LogP) is 3.47. The Hall–Kier alpha value is -2.00. The summed E-state index contributed by atoms with van der Waals surface area (Å²) in [6.45, 7) is 5.15. The molecule has 20 heavy (non-hydrogen) atoms. The fourth-order valence-electron chi connectivity index (χ4n) is 2.08. The smallest absolute Gasteiger partial charge is 0.119 e. The zero-order valence-corrected chi connectivity index (χ0v) is 12.0. The predicted molar refractivity (Wildman–Crippen MR) is 81.2 cm³/mol. The van der Waals surface area contributed by atoms with Crippen LogP contribution in [0.25, 0.3) is 0 Å². The summed E-state index contributed by atoms with van der Waals surface area (Å²) in [4.78, 5) is 0. The lowest BCUT2D eigenvalue weighted by molar-refractivity contribution is 0.289. The van der Waals surface area contributed by atoms with Gasteiger partial charge in [0, 0.05) is 0 Å². The standard InChI is InChI=1S/C17H21NO2/c1-3-19-14-8-10-15(11-9-14)20-12-17(18)16-7-5-4-6-13(16)2/h4-11,17H,3,12,18H2,1-2H3. The Morgan fingerprint density at radius 3 is 2.15 bits per heavy atom. The third kappa shape index (κ3) is 3.75. The molecule has 2 aromatic carbocycles. The van der Waals surface area contributed by atoms with E-state index < -0.39 is 0 Å². The van der Waals surface area contributed by atoms with Gasteiger partial charge in [-0.05, 0) is 49.2 Å². The maximum Gasteiger partial charge on any atom is 0.119 e. The highest BCUT2D eigenvalue weighted by Gasteiger charge is 2.09. The molecular formula is C17H21NO2. The Balaban J connectivity index is 1.93. The van der Waals surface area contributed by atoms with Crippen molar-refractivity contribution in [1.29, 1.82) is 0 Å². The highest BCUT2D eigenvalue weighted by atomic mass is 16.5. The zero-order chi connectivity index (χ0) is 14.4. The first-order chi connectivity index (χ1) is 9.70. The van der Waals surface area contributed by atoms with Crippen LogP contribution in [0.15, 0.2) is 48.5 Å². The number of hydrogen-bond donors (Lipinski definition) is 1. The molecule has 0 heterocycles. The second-order valence-electron chi connectivity index (χ2n) is 4.68. The lowest BCUT2D eigenvalue weighted by atomic mass is 10.0. The number of rotatable bonds is 6. The fourth-order valence-corrected chi connectivity index (χ4v) is 2.08. The molecule has 2 rings (SSSR count). The van der Waals surface area contributed by atoms with Crippen molar-refractivity contribution >= 4 is 0 Å². The topological polar surface area (TPSA) is 44.5 Å². The van der Waals surface area contributed by atoms with Crippen molar-refractivity contribution in [1.82, 2.24) is 0 Å². The second-order valence-corrected chi connectivity index (χ2v) is 4.68. The average molecular weight is 271 g/mol. The molecule has 0 radical (unpaired) electrons. The second kappa shape index (κ2) is 6.96. The van der Waals surface area contributed by atoms with Gasteiger partial charge in [0.1, 0.15) is 18.1 Å². The first-order valence-electron chi connectivity index (χ1n) is 6.87. The van der Waals surface area contributed by atoms with Crippen LogP contribution in [0, 0.1) is 6.92 Å². The van der Waals surface area contributed by atoms with E-state index in [1.54, 1.807) is 0 Å². The Morgan fingerprint density at radius 1 is 0.950 bits per heavy atom. The van der Waals surface area contributed by atoms with Crippen LogP contribution in [0.2, 0.25) is 0 Å². The van der Waals surface area contributed by atoms with Gasteiger partial charge < -0.3 is 15.2 Å². The monoisotopic (exact) mass is 271 g/mol. The summed E-state index contributed by atoms with van der Waals surface area (Å²) in [6, 6.07) is 15.6. The highest BCUT2D eigenvalue weighted by Crippen LogP contribution is 2.20. The van der Waals surface area contributed by atoms with Gasteiger partial charge >= 0.3 is 0 Å². The van der Waals surface area contributed by atoms with Crippen molar-refractivity contribution in [3.63, 3.8) is 0 Å². The fraction of sp³-hybridized carbons (Fsp3) is 0.294. The number of nitrogens with two attached hydrogens (primary N) is 1. The van der Waals surface area contributed by atoms with Gasteiger partial charge in [-0.15, -0.1) is 0 Å². The number of hydrogen-bond acceptors (Lipinski definition) is 3. The Labute approximate surface area is 120 Å². The summed E-state index contributed by atoms with van der Waals surface area (Å²) in [5.41, 5.74) is 8.49. The summed E-state index contributed by atoms with van der Waals surface area (Å²) in [5, 5.41) is 0. The minimum atomic E-state index is -0.122. The van der Waals surface area contributed by atoms with Crippen molar-refractivity contribution in [3.05, 3.63) is 59.7 Å². The minimum Gasteiger partial charge on any atom is -0.494 e. The molecule has 0 saturated carbocycles. The number of benzene rings is 2. The molecule has 2 aromatic rings. The molecule has 106 valence electrons. The van der Waals surface area contributed by atoms with Crippen LogP contribution in [-0.2, 0) is 0 Å². The summed E-state index contributed by atoms with van der Waals surface area (Å²) >= 11 is 0. The molecule has 1 unspecified atom stereocenters. The highest BCUT2D eigenvalue weighted by molar-refractivity contribution is 5.32. The van der Waals surface area contributed by atoms with Crippen LogP contribution in [0.5, 0.6) is 11.5 Å². The molecular weight excluding hydrogens is 250 g/mol.